The van der Waals surface area contributed by atoms with Crippen molar-refractivity contribution < 1.29 is 4.79 Å². The first-order chi connectivity index (χ1) is 16.2. The summed E-state index contributed by atoms with van der Waals surface area (Å²) >= 11 is 0. The van der Waals surface area contributed by atoms with E-state index in [4.69, 9.17) is 0 Å². The van der Waals surface area contributed by atoms with Crippen LogP contribution in [-0.4, -0.2) is 29.5 Å². The van der Waals surface area contributed by atoms with Crippen LogP contribution in [0.5, 0.6) is 0 Å². The molecule has 1 amide bonds. The third kappa shape index (κ3) is 4.36. The Kier molecular flexibility index (Phi) is 6.34. The fraction of sp³-hybridized carbons (Fsp3) is 0.310. The maximum absolute atomic E-state index is 12.8. The molecule has 0 radical (unpaired) electrons. The van der Waals surface area contributed by atoms with Crippen molar-refractivity contribution in [2.24, 2.45) is 0 Å². The van der Waals surface area contributed by atoms with E-state index in [9.17, 15) is 10.1 Å². The number of nitriles is 1. The molecule has 0 atom stereocenters. The van der Waals surface area contributed by atoms with Crippen LogP contribution >= 0.6 is 0 Å². The number of likely N-dealkylation sites (N-methyl/N-ethyl adjacent to an activating group) is 1. The highest BCUT2D eigenvalue weighted by Gasteiger charge is 2.30. The summed E-state index contributed by atoms with van der Waals surface area (Å²) in [5.41, 5.74) is 7.78. The Labute approximate surface area is 201 Å². The van der Waals surface area contributed by atoms with Crippen LogP contribution in [0, 0.1) is 18.3 Å². The summed E-state index contributed by atoms with van der Waals surface area (Å²) in [6.45, 7) is 12.1. The molecule has 3 aromatic rings. The lowest BCUT2D eigenvalue weighted by Gasteiger charge is -2.43. The summed E-state index contributed by atoms with van der Waals surface area (Å²) < 4.78 is 0. The van der Waals surface area contributed by atoms with E-state index >= 15 is 0 Å². The predicted octanol–water partition coefficient (Wildman–Crippen LogP) is 5.76. The van der Waals surface area contributed by atoms with Gasteiger partial charge in [-0.15, -0.1) is 0 Å². The van der Waals surface area contributed by atoms with Gasteiger partial charge in [0.25, 0.3) is 5.91 Å². The molecule has 0 saturated heterocycles. The van der Waals surface area contributed by atoms with Gasteiger partial charge in [-0.25, -0.2) is 0 Å². The number of nitrogens with zero attached hydrogens (tertiary/aromatic N) is 2. The van der Waals surface area contributed by atoms with Crippen LogP contribution in [0.1, 0.15) is 49.9 Å². The molecule has 4 rings (SSSR count). The Morgan fingerprint density at radius 3 is 2.74 bits per heavy atom. The van der Waals surface area contributed by atoms with Gasteiger partial charge in [-0.2, -0.15) is 5.26 Å². The summed E-state index contributed by atoms with van der Waals surface area (Å²) in [5, 5.41) is 13.8. The summed E-state index contributed by atoms with van der Waals surface area (Å²) in [5.74, 6) is -0.344. The first kappa shape index (κ1) is 23.4. The van der Waals surface area contributed by atoms with Gasteiger partial charge in [0.2, 0.25) is 0 Å². The van der Waals surface area contributed by atoms with E-state index in [0.717, 1.165) is 39.7 Å². The molecule has 1 aromatic heterocycles. The Balaban J connectivity index is 1.53. The summed E-state index contributed by atoms with van der Waals surface area (Å²) in [7, 11) is 0. The van der Waals surface area contributed by atoms with Crippen molar-refractivity contribution in [2.75, 3.05) is 18.0 Å². The zero-order valence-electron chi connectivity index (χ0n) is 20.6. The first-order valence-corrected chi connectivity index (χ1v) is 11.8. The Morgan fingerprint density at radius 1 is 1.24 bits per heavy atom. The highest BCUT2D eigenvalue weighted by Crippen LogP contribution is 2.40. The molecule has 0 saturated carbocycles. The van der Waals surface area contributed by atoms with Gasteiger partial charge in [0.1, 0.15) is 11.6 Å². The Hall–Kier alpha value is -3.78. The van der Waals surface area contributed by atoms with Gasteiger partial charge in [0.15, 0.2) is 0 Å². The maximum Gasteiger partial charge on any atom is 0.261 e. The second-order valence-electron chi connectivity index (χ2n) is 9.49. The number of hydrogen-bond donors (Lipinski definition) is 2. The van der Waals surface area contributed by atoms with Gasteiger partial charge < -0.3 is 15.2 Å². The standard InChI is InChI=1S/C29H32N4O/c1-6-33-27-13-19(2)22(15-25(27)20(3)16-29(33,4)5)14-23(17-30)28(34)31-12-11-21-18-32-26-10-8-7-9-24(21)26/h7-10,13-16,18,32H,6,11-12H2,1-5H3,(H,31,34)/b23-14+. The topological polar surface area (TPSA) is 71.9 Å². The smallest absolute Gasteiger partial charge is 0.261 e. The number of allylic oxidation sites excluding steroid dienone is 1. The van der Waals surface area contributed by atoms with E-state index in [1.54, 1.807) is 6.08 Å². The molecule has 1 aliphatic heterocycles. The van der Waals surface area contributed by atoms with Crippen LogP contribution in [0.15, 0.2) is 54.2 Å². The molecule has 5 nitrogen and oxygen atoms in total. The van der Waals surface area contributed by atoms with Crippen molar-refractivity contribution in [2.45, 2.75) is 46.6 Å². The molecule has 2 N–H and O–H groups in total. The first-order valence-electron chi connectivity index (χ1n) is 11.8. The van der Waals surface area contributed by atoms with E-state index in [0.29, 0.717) is 13.0 Å². The van der Waals surface area contributed by atoms with Gasteiger partial charge in [0, 0.05) is 41.4 Å². The van der Waals surface area contributed by atoms with Crippen molar-refractivity contribution in [3.63, 3.8) is 0 Å². The number of nitrogens with one attached hydrogen (secondary N) is 2. The largest absolute Gasteiger partial charge is 0.363 e. The molecule has 174 valence electrons. The lowest BCUT2D eigenvalue weighted by molar-refractivity contribution is -0.117. The van der Waals surface area contributed by atoms with Crippen molar-refractivity contribution in [1.29, 1.82) is 5.26 Å². The summed E-state index contributed by atoms with van der Waals surface area (Å²) in [6, 6.07) is 14.5. The average Bonchev–Trinajstić information content (AvgIpc) is 3.20. The predicted molar refractivity (Wildman–Crippen MR) is 141 cm³/mol. The van der Waals surface area contributed by atoms with E-state index in [1.807, 2.05) is 31.3 Å². The number of carbonyl (C=O) groups is 1. The number of carbonyl (C=O) groups excluding carboxylic acids is 1. The molecule has 0 fully saturated rings. The van der Waals surface area contributed by atoms with Gasteiger partial charge in [-0.1, -0.05) is 24.3 Å². The fourth-order valence-corrected chi connectivity index (χ4v) is 5.03. The van der Waals surface area contributed by atoms with E-state index in [1.165, 1.54) is 11.3 Å². The zero-order chi connectivity index (χ0) is 24.5. The zero-order valence-corrected chi connectivity index (χ0v) is 20.6. The third-order valence-corrected chi connectivity index (χ3v) is 6.70. The molecular weight excluding hydrogens is 420 g/mol. The molecule has 5 heteroatoms. The second-order valence-corrected chi connectivity index (χ2v) is 9.49. The van der Waals surface area contributed by atoms with Crippen LogP contribution < -0.4 is 10.2 Å². The van der Waals surface area contributed by atoms with Gasteiger partial charge >= 0.3 is 0 Å². The number of aromatic nitrogens is 1. The minimum atomic E-state index is -0.344. The minimum Gasteiger partial charge on any atom is -0.363 e. The van der Waals surface area contributed by atoms with Gasteiger partial charge in [-0.05, 0) is 87.6 Å². The van der Waals surface area contributed by atoms with E-state index in [-0.39, 0.29) is 17.0 Å². The van der Waals surface area contributed by atoms with E-state index in [2.05, 4.69) is 73.2 Å². The van der Waals surface area contributed by atoms with Crippen LogP contribution in [0.2, 0.25) is 0 Å². The monoisotopic (exact) mass is 452 g/mol. The minimum absolute atomic E-state index is 0.0574. The fourth-order valence-electron chi connectivity index (χ4n) is 5.03. The molecule has 1 aliphatic rings. The third-order valence-electron chi connectivity index (χ3n) is 6.70. The number of hydrogen-bond acceptors (Lipinski definition) is 3. The normalized spacial score (nSPS) is 15.0. The number of H-pyrrole nitrogens is 1. The highest BCUT2D eigenvalue weighted by atomic mass is 16.1. The molecule has 2 aromatic carbocycles. The maximum atomic E-state index is 12.8. The van der Waals surface area contributed by atoms with Gasteiger partial charge in [-0.3, -0.25) is 4.79 Å². The SMILES string of the molecule is CCN1c2cc(C)c(/C=C(\C#N)C(=O)NCCc3c[nH]c4ccccc34)cc2C(C)=CC1(C)C. The summed E-state index contributed by atoms with van der Waals surface area (Å²) in [4.78, 5) is 18.4. The van der Waals surface area contributed by atoms with Gasteiger partial charge in [0.05, 0.1) is 5.54 Å². The van der Waals surface area contributed by atoms with E-state index < -0.39 is 0 Å². The molecule has 0 bridgehead atoms. The van der Waals surface area contributed by atoms with Crippen molar-refractivity contribution in [3.05, 3.63) is 76.5 Å². The van der Waals surface area contributed by atoms with Crippen LogP contribution in [0.25, 0.3) is 22.6 Å². The number of anilines is 1. The molecule has 0 unspecified atom stereocenters. The number of amides is 1. The van der Waals surface area contributed by atoms with Crippen LogP contribution in [0.4, 0.5) is 5.69 Å². The molecule has 2 heterocycles. The number of rotatable bonds is 6. The lowest BCUT2D eigenvalue weighted by Crippen LogP contribution is -2.44. The lowest BCUT2D eigenvalue weighted by atomic mass is 9.86. The number of aromatic amines is 1. The average molecular weight is 453 g/mol. The summed E-state index contributed by atoms with van der Waals surface area (Å²) in [6.07, 6.45) is 6.66. The molecule has 0 aliphatic carbocycles. The van der Waals surface area contributed by atoms with Crippen molar-refractivity contribution in [1.82, 2.24) is 10.3 Å². The Morgan fingerprint density at radius 2 is 2.00 bits per heavy atom. The van der Waals surface area contributed by atoms with Crippen molar-refractivity contribution in [3.8, 4) is 6.07 Å². The highest BCUT2D eigenvalue weighted by molar-refractivity contribution is 6.02. The Bertz CT molecular complexity index is 1350. The molecule has 34 heavy (non-hydrogen) atoms. The van der Waals surface area contributed by atoms with Crippen molar-refractivity contribution >= 4 is 34.1 Å². The second kappa shape index (κ2) is 9.23. The number of aryl methyl sites for hydroxylation is 1. The molecular formula is C29H32N4O. The van der Waals surface area contributed by atoms with Crippen LogP contribution in [0.3, 0.4) is 0 Å². The number of fused-ring (bicyclic) bond motifs is 2. The number of benzene rings is 2. The molecule has 0 spiro atoms. The number of para-hydroxylation sites is 1. The quantitative estimate of drug-likeness (QED) is 0.369. The van der Waals surface area contributed by atoms with Crippen LogP contribution in [-0.2, 0) is 11.2 Å².